The molecular weight excluding hydrogens is 444 g/mol. The van der Waals surface area contributed by atoms with Crippen LogP contribution >= 0.6 is 11.8 Å². The summed E-state index contributed by atoms with van der Waals surface area (Å²) in [7, 11) is -1.80. The molecule has 2 aromatic carbocycles. The van der Waals surface area contributed by atoms with E-state index in [0.717, 1.165) is 46.9 Å². The highest BCUT2D eigenvalue weighted by Gasteiger charge is 2.23. The summed E-state index contributed by atoms with van der Waals surface area (Å²) in [5.41, 5.74) is 12.6. The molecule has 3 aromatic rings. The zero-order valence-electron chi connectivity index (χ0n) is 17.8. The minimum Gasteiger partial charge on any atom is -0.349 e. The number of H-pyrrole nitrogens is 1. The lowest BCUT2D eigenvalue weighted by Crippen LogP contribution is -2.26. The third-order valence-corrected chi connectivity index (χ3v) is 8.20. The Morgan fingerprint density at radius 1 is 1.19 bits per heavy atom. The first-order valence-corrected chi connectivity index (χ1v) is 13.1. The molecule has 2 heterocycles. The SMILES string of the molecule is CNS(=O)(=O)CCc1ccc2[nH]c(Sc3ccc(N=[N+]=[N-])cc3)c(C3CCNCC3)c2c1. The standard InChI is InChI=1S/C22H26N6O2S2/c1-24-32(29,30)13-10-15-2-7-20-19(14-15)21(16-8-11-25-12-9-16)22(26-20)31-18-5-3-17(4-6-18)27-28-23/h2-7,14,16,24-26H,8-13H2,1H3. The molecule has 1 aliphatic rings. The van der Waals surface area contributed by atoms with Crippen LogP contribution in [0.25, 0.3) is 21.3 Å². The van der Waals surface area contributed by atoms with Gasteiger partial charge in [0.1, 0.15) is 0 Å². The maximum absolute atomic E-state index is 11.9. The van der Waals surface area contributed by atoms with Gasteiger partial charge >= 0.3 is 0 Å². The highest BCUT2D eigenvalue weighted by molar-refractivity contribution is 7.99. The van der Waals surface area contributed by atoms with Gasteiger partial charge in [-0.25, -0.2) is 13.1 Å². The maximum atomic E-state index is 11.9. The number of azide groups is 1. The quantitative estimate of drug-likeness (QED) is 0.248. The predicted molar refractivity (Wildman–Crippen MR) is 129 cm³/mol. The van der Waals surface area contributed by atoms with Crippen LogP contribution < -0.4 is 10.0 Å². The number of rotatable bonds is 8. The van der Waals surface area contributed by atoms with Crippen LogP contribution in [-0.4, -0.2) is 39.3 Å². The Hall–Kier alpha value is -2.49. The number of benzene rings is 2. The van der Waals surface area contributed by atoms with Crippen molar-refractivity contribution in [2.24, 2.45) is 5.11 Å². The number of fused-ring (bicyclic) bond motifs is 1. The minimum atomic E-state index is -3.25. The summed E-state index contributed by atoms with van der Waals surface area (Å²) in [4.78, 5) is 7.48. The van der Waals surface area contributed by atoms with Crippen LogP contribution in [0.4, 0.5) is 5.69 Å². The molecule has 1 aromatic heterocycles. The van der Waals surface area contributed by atoms with E-state index in [4.69, 9.17) is 5.53 Å². The molecule has 4 rings (SSSR count). The molecule has 0 radical (unpaired) electrons. The number of piperidine rings is 1. The lowest BCUT2D eigenvalue weighted by molar-refractivity contribution is 0.458. The predicted octanol–water partition coefficient (Wildman–Crippen LogP) is 4.82. The normalized spacial score (nSPS) is 15.0. The summed E-state index contributed by atoms with van der Waals surface area (Å²) in [5, 5.41) is 9.36. The Kier molecular flexibility index (Phi) is 7.07. The zero-order chi connectivity index (χ0) is 22.6. The number of nitrogens with one attached hydrogen (secondary N) is 3. The number of hydrogen-bond donors (Lipinski definition) is 3. The van der Waals surface area contributed by atoms with E-state index in [-0.39, 0.29) is 5.75 Å². The molecule has 0 unspecified atom stereocenters. The molecule has 0 amide bonds. The minimum absolute atomic E-state index is 0.0707. The van der Waals surface area contributed by atoms with Gasteiger partial charge in [-0.2, -0.15) is 0 Å². The van der Waals surface area contributed by atoms with Gasteiger partial charge in [0.25, 0.3) is 0 Å². The average molecular weight is 471 g/mol. The monoisotopic (exact) mass is 470 g/mol. The lowest BCUT2D eigenvalue weighted by Gasteiger charge is -2.23. The number of aromatic amines is 1. The molecule has 32 heavy (non-hydrogen) atoms. The molecule has 0 aliphatic carbocycles. The second-order valence-electron chi connectivity index (χ2n) is 7.83. The zero-order valence-corrected chi connectivity index (χ0v) is 19.5. The number of hydrogen-bond acceptors (Lipinski definition) is 5. The van der Waals surface area contributed by atoms with Gasteiger partial charge in [-0.15, -0.1) is 0 Å². The molecule has 0 bridgehead atoms. The van der Waals surface area contributed by atoms with Gasteiger partial charge in [-0.05, 0) is 86.2 Å². The van der Waals surface area contributed by atoms with E-state index < -0.39 is 10.0 Å². The summed E-state index contributed by atoms with van der Waals surface area (Å²) in [5.74, 6) is 0.507. The Morgan fingerprint density at radius 2 is 1.94 bits per heavy atom. The highest BCUT2D eigenvalue weighted by atomic mass is 32.2. The van der Waals surface area contributed by atoms with Crippen LogP contribution in [0.2, 0.25) is 0 Å². The van der Waals surface area contributed by atoms with Crippen molar-refractivity contribution >= 4 is 38.4 Å². The van der Waals surface area contributed by atoms with Crippen molar-refractivity contribution in [3.05, 3.63) is 64.0 Å². The van der Waals surface area contributed by atoms with E-state index in [9.17, 15) is 8.42 Å². The summed E-state index contributed by atoms with van der Waals surface area (Å²) >= 11 is 1.67. The molecule has 0 atom stereocenters. The molecule has 1 aliphatic heterocycles. The van der Waals surface area contributed by atoms with Crippen LogP contribution in [-0.2, 0) is 16.4 Å². The Bertz CT molecular complexity index is 1240. The molecule has 1 saturated heterocycles. The van der Waals surface area contributed by atoms with Gasteiger partial charge < -0.3 is 10.3 Å². The number of aromatic nitrogens is 1. The van der Waals surface area contributed by atoms with Crippen molar-refractivity contribution in [3.63, 3.8) is 0 Å². The molecule has 0 spiro atoms. The van der Waals surface area contributed by atoms with E-state index >= 15 is 0 Å². The average Bonchev–Trinajstić information content (AvgIpc) is 3.17. The molecular formula is C22H26N6O2S2. The van der Waals surface area contributed by atoms with E-state index in [1.807, 2.05) is 30.3 Å². The van der Waals surface area contributed by atoms with Gasteiger partial charge in [0.05, 0.1) is 10.8 Å². The van der Waals surface area contributed by atoms with Crippen molar-refractivity contribution in [1.82, 2.24) is 15.0 Å². The first-order valence-electron chi connectivity index (χ1n) is 10.6. The van der Waals surface area contributed by atoms with Crippen molar-refractivity contribution < 1.29 is 8.42 Å². The van der Waals surface area contributed by atoms with Crippen molar-refractivity contribution in [2.45, 2.75) is 35.1 Å². The summed E-state index contributed by atoms with van der Waals surface area (Å²) in [6.07, 6.45) is 2.60. The fraction of sp³-hybridized carbons (Fsp3) is 0.364. The van der Waals surface area contributed by atoms with Crippen molar-refractivity contribution in [2.75, 3.05) is 25.9 Å². The van der Waals surface area contributed by atoms with E-state index in [1.165, 1.54) is 18.0 Å². The van der Waals surface area contributed by atoms with E-state index in [0.29, 0.717) is 18.0 Å². The fourth-order valence-corrected chi connectivity index (χ4v) is 5.86. The molecule has 0 saturated carbocycles. The molecule has 3 N–H and O–H groups in total. The number of aryl methyl sites for hydroxylation is 1. The third-order valence-electron chi connectivity index (χ3n) is 5.80. The first kappa shape index (κ1) is 22.7. The van der Waals surface area contributed by atoms with Crippen molar-refractivity contribution in [3.8, 4) is 0 Å². The van der Waals surface area contributed by atoms with Gasteiger partial charge in [0, 0.05) is 26.4 Å². The molecule has 168 valence electrons. The highest BCUT2D eigenvalue weighted by Crippen LogP contribution is 2.42. The van der Waals surface area contributed by atoms with Crippen LogP contribution in [0.15, 0.2) is 57.5 Å². The summed E-state index contributed by atoms with van der Waals surface area (Å²) in [6, 6.07) is 13.7. The fourth-order valence-electron chi connectivity index (χ4n) is 4.09. The second-order valence-corrected chi connectivity index (χ2v) is 11.0. The van der Waals surface area contributed by atoms with Gasteiger partial charge in [-0.1, -0.05) is 35.1 Å². The second kappa shape index (κ2) is 9.97. The summed E-state index contributed by atoms with van der Waals surface area (Å²) < 4.78 is 26.1. The van der Waals surface area contributed by atoms with Crippen LogP contribution in [0.3, 0.4) is 0 Å². The molecule has 10 heteroatoms. The first-order chi connectivity index (χ1) is 15.5. The number of sulfonamides is 1. The third kappa shape index (κ3) is 5.28. The van der Waals surface area contributed by atoms with Crippen LogP contribution in [0.5, 0.6) is 0 Å². The number of nitrogens with zero attached hydrogens (tertiary/aromatic N) is 3. The van der Waals surface area contributed by atoms with Crippen LogP contribution in [0, 0.1) is 0 Å². The van der Waals surface area contributed by atoms with Gasteiger partial charge in [0.15, 0.2) is 0 Å². The topological polar surface area (TPSA) is 123 Å². The van der Waals surface area contributed by atoms with E-state index in [1.54, 1.807) is 11.8 Å². The van der Waals surface area contributed by atoms with Gasteiger partial charge in [0.2, 0.25) is 10.0 Å². The van der Waals surface area contributed by atoms with E-state index in [2.05, 4.69) is 37.2 Å². The lowest BCUT2D eigenvalue weighted by atomic mass is 9.89. The Labute approximate surface area is 191 Å². The molecule has 8 nitrogen and oxygen atoms in total. The summed E-state index contributed by atoms with van der Waals surface area (Å²) in [6.45, 7) is 1.98. The largest absolute Gasteiger partial charge is 0.349 e. The Balaban J connectivity index is 1.69. The maximum Gasteiger partial charge on any atom is 0.211 e. The Morgan fingerprint density at radius 3 is 2.62 bits per heavy atom. The van der Waals surface area contributed by atoms with Gasteiger partial charge in [-0.3, -0.25) is 0 Å². The van der Waals surface area contributed by atoms with Crippen molar-refractivity contribution in [1.29, 1.82) is 0 Å². The smallest absolute Gasteiger partial charge is 0.211 e. The van der Waals surface area contributed by atoms with Crippen LogP contribution in [0.1, 0.15) is 29.9 Å². The molecule has 1 fully saturated rings.